The van der Waals surface area contributed by atoms with E-state index < -0.39 is 0 Å². The summed E-state index contributed by atoms with van der Waals surface area (Å²) in [6.07, 6.45) is 2.00. The molecule has 32 heavy (non-hydrogen) atoms. The van der Waals surface area contributed by atoms with Crippen LogP contribution in [-0.4, -0.2) is 30.4 Å². The van der Waals surface area contributed by atoms with Crippen LogP contribution in [0, 0.1) is 12.8 Å². The van der Waals surface area contributed by atoms with Gasteiger partial charge in [0.05, 0.1) is 12.0 Å². The molecule has 2 aliphatic rings. The molecule has 1 N–H and O–H groups in total. The topological polar surface area (TPSA) is 32.3 Å². The minimum Gasteiger partial charge on any atom is -0.335 e. The second-order valence-electron chi connectivity index (χ2n) is 9.32. The highest BCUT2D eigenvalue weighted by molar-refractivity contribution is 5.81. The monoisotopic (exact) mass is 424 g/mol. The Balaban J connectivity index is 1.43. The fourth-order valence-electron chi connectivity index (χ4n) is 5.73. The third-order valence-corrected chi connectivity index (χ3v) is 7.46. The van der Waals surface area contributed by atoms with Gasteiger partial charge in [-0.3, -0.25) is 4.79 Å². The molecule has 3 aromatic carbocycles. The number of rotatable bonds is 4. The SMILES string of the molecule is Cc1ccccc1[C@@H]1CNC[C@H]1C(=O)N1CC[C@H](c2ccccc2)C[C@@H]1c1ccccc1. The summed E-state index contributed by atoms with van der Waals surface area (Å²) in [7, 11) is 0. The highest BCUT2D eigenvalue weighted by atomic mass is 16.2. The number of carbonyl (C=O) groups excluding carboxylic acids is 1. The van der Waals surface area contributed by atoms with E-state index in [0.29, 0.717) is 11.8 Å². The summed E-state index contributed by atoms with van der Waals surface area (Å²) in [4.78, 5) is 16.2. The van der Waals surface area contributed by atoms with Crippen LogP contribution in [0.5, 0.6) is 0 Å². The third-order valence-electron chi connectivity index (χ3n) is 7.46. The first-order valence-electron chi connectivity index (χ1n) is 11.9. The largest absolute Gasteiger partial charge is 0.335 e. The lowest BCUT2D eigenvalue weighted by Gasteiger charge is -2.42. The van der Waals surface area contributed by atoms with Crippen molar-refractivity contribution in [3.63, 3.8) is 0 Å². The lowest BCUT2D eigenvalue weighted by Crippen LogP contribution is -2.45. The predicted molar refractivity (Wildman–Crippen MR) is 130 cm³/mol. The van der Waals surface area contributed by atoms with Crippen LogP contribution < -0.4 is 5.32 Å². The van der Waals surface area contributed by atoms with Crippen molar-refractivity contribution in [2.45, 2.75) is 37.6 Å². The summed E-state index contributed by atoms with van der Waals surface area (Å²) in [5.74, 6) is 1.03. The molecule has 2 aliphatic heterocycles. The zero-order chi connectivity index (χ0) is 21.9. The summed E-state index contributed by atoms with van der Waals surface area (Å²) in [6.45, 7) is 4.61. The first kappa shape index (κ1) is 21.0. The highest BCUT2D eigenvalue weighted by Crippen LogP contribution is 2.41. The Morgan fingerprint density at radius 3 is 2.22 bits per heavy atom. The van der Waals surface area contributed by atoms with Crippen molar-refractivity contribution in [1.29, 1.82) is 0 Å². The number of nitrogens with zero attached hydrogens (tertiary/aromatic N) is 1. The van der Waals surface area contributed by atoms with Gasteiger partial charge in [-0.15, -0.1) is 0 Å². The first-order valence-corrected chi connectivity index (χ1v) is 11.9. The van der Waals surface area contributed by atoms with Crippen molar-refractivity contribution < 1.29 is 4.79 Å². The van der Waals surface area contributed by atoms with Gasteiger partial charge in [0, 0.05) is 25.6 Å². The number of piperidine rings is 1. The molecule has 0 saturated carbocycles. The van der Waals surface area contributed by atoms with Gasteiger partial charge in [-0.1, -0.05) is 84.9 Å². The lowest BCUT2D eigenvalue weighted by molar-refractivity contribution is -0.139. The summed E-state index contributed by atoms with van der Waals surface area (Å²) in [5, 5.41) is 3.51. The van der Waals surface area contributed by atoms with Crippen molar-refractivity contribution in [2.75, 3.05) is 19.6 Å². The minimum absolute atomic E-state index is 0.00409. The van der Waals surface area contributed by atoms with E-state index in [1.54, 1.807) is 0 Å². The Hall–Kier alpha value is -2.91. The second kappa shape index (κ2) is 9.30. The van der Waals surface area contributed by atoms with Crippen LogP contribution in [0.2, 0.25) is 0 Å². The number of hydrogen-bond donors (Lipinski definition) is 1. The molecule has 2 heterocycles. The molecule has 0 radical (unpaired) electrons. The number of likely N-dealkylation sites (tertiary alicyclic amines) is 1. The van der Waals surface area contributed by atoms with Gasteiger partial charge in [0.25, 0.3) is 0 Å². The van der Waals surface area contributed by atoms with Gasteiger partial charge in [-0.05, 0) is 47.9 Å². The molecule has 3 heteroatoms. The normalized spacial score (nSPS) is 25.6. The second-order valence-corrected chi connectivity index (χ2v) is 9.32. The van der Waals surface area contributed by atoms with Crippen LogP contribution >= 0.6 is 0 Å². The number of nitrogens with one attached hydrogen (secondary N) is 1. The average Bonchev–Trinajstić information content (AvgIpc) is 3.34. The third kappa shape index (κ3) is 4.10. The molecule has 0 spiro atoms. The summed E-state index contributed by atoms with van der Waals surface area (Å²) in [6, 6.07) is 30.1. The molecule has 5 rings (SSSR count). The van der Waals surface area contributed by atoms with Gasteiger partial charge in [0.15, 0.2) is 0 Å². The summed E-state index contributed by atoms with van der Waals surface area (Å²) >= 11 is 0. The quantitative estimate of drug-likeness (QED) is 0.604. The van der Waals surface area contributed by atoms with Crippen molar-refractivity contribution in [3.05, 3.63) is 107 Å². The first-order chi connectivity index (χ1) is 15.7. The van der Waals surface area contributed by atoms with E-state index in [9.17, 15) is 4.79 Å². The van der Waals surface area contributed by atoms with Crippen LogP contribution in [0.3, 0.4) is 0 Å². The zero-order valence-electron chi connectivity index (χ0n) is 18.8. The van der Waals surface area contributed by atoms with Crippen LogP contribution in [0.25, 0.3) is 0 Å². The van der Waals surface area contributed by atoms with Gasteiger partial charge in [0.2, 0.25) is 5.91 Å². The average molecular weight is 425 g/mol. The Morgan fingerprint density at radius 2 is 1.50 bits per heavy atom. The van der Waals surface area contributed by atoms with Crippen LogP contribution in [0.1, 0.15) is 53.0 Å². The minimum atomic E-state index is -0.00409. The van der Waals surface area contributed by atoms with Crippen LogP contribution in [-0.2, 0) is 4.79 Å². The molecular formula is C29H32N2O. The predicted octanol–water partition coefficient (Wildman–Crippen LogP) is 5.45. The summed E-state index contributed by atoms with van der Waals surface area (Å²) < 4.78 is 0. The van der Waals surface area contributed by atoms with E-state index in [0.717, 1.165) is 32.5 Å². The number of aryl methyl sites for hydroxylation is 1. The molecule has 1 amide bonds. The van der Waals surface area contributed by atoms with Crippen molar-refractivity contribution >= 4 is 5.91 Å². The van der Waals surface area contributed by atoms with Crippen LogP contribution in [0.15, 0.2) is 84.9 Å². The van der Waals surface area contributed by atoms with E-state index in [4.69, 9.17) is 0 Å². The van der Waals surface area contributed by atoms with Crippen LogP contribution in [0.4, 0.5) is 0 Å². The Bertz CT molecular complexity index is 1050. The van der Waals surface area contributed by atoms with Gasteiger partial charge in [-0.2, -0.15) is 0 Å². The van der Waals surface area contributed by atoms with E-state index in [-0.39, 0.29) is 17.9 Å². The number of amides is 1. The Labute approximate surface area is 191 Å². The standard InChI is InChI=1S/C29H32N2O/c1-21-10-8-9-15-25(21)26-19-30-20-27(26)29(32)31-17-16-24(22-11-4-2-5-12-22)18-28(31)23-13-6-3-7-14-23/h2-15,24,26-28,30H,16-20H2,1H3/t24-,26-,27+,28+/m0/s1. The van der Waals surface area contributed by atoms with Gasteiger partial charge >= 0.3 is 0 Å². The van der Waals surface area contributed by atoms with E-state index in [1.165, 1.54) is 22.3 Å². The van der Waals surface area contributed by atoms with Gasteiger partial charge < -0.3 is 10.2 Å². The maximum absolute atomic E-state index is 14.0. The molecule has 0 bridgehead atoms. The number of hydrogen-bond acceptors (Lipinski definition) is 2. The maximum Gasteiger partial charge on any atom is 0.228 e. The molecule has 0 aliphatic carbocycles. The molecule has 164 valence electrons. The molecule has 3 aromatic rings. The number of carbonyl (C=O) groups is 1. The maximum atomic E-state index is 14.0. The molecule has 0 aromatic heterocycles. The Morgan fingerprint density at radius 1 is 0.844 bits per heavy atom. The smallest absolute Gasteiger partial charge is 0.228 e. The molecule has 4 atom stereocenters. The molecule has 2 fully saturated rings. The fraction of sp³-hybridized carbons (Fsp3) is 0.345. The van der Waals surface area contributed by atoms with E-state index in [1.807, 2.05) is 0 Å². The highest BCUT2D eigenvalue weighted by Gasteiger charge is 2.41. The molecule has 2 saturated heterocycles. The van der Waals surface area contributed by atoms with Crippen molar-refractivity contribution in [3.8, 4) is 0 Å². The molecule has 3 nitrogen and oxygen atoms in total. The molecule has 0 unspecified atom stereocenters. The lowest BCUT2D eigenvalue weighted by atomic mass is 9.80. The molecular weight excluding hydrogens is 392 g/mol. The zero-order valence-corrected chi connectivity index (χ0v) is 18.8. The van der Waals surface area contributed by atoms with Gasteiger partial charge in [0.1, 0.15) is 0 Å². The van der Waals surface area contributed by atoms with Crippen molar-refractivity contribution in [2.24, 2.45) is 5.92 Å². The van der Waals surface area contributed by atoms with E-state index in [2.05, 4.69) is 102 Å². The van der Waals surface area contributed by atoms with Gasteiger partial charge in [-0.25, -0.2) is 0 Å². The fourth-order valence-corrected chi connectivity index (χ4v) is 5.73. The Kier molecular flexibility index (Phi) is 6.09. The van der Waals surface area contributed by atoms with Crippen molar-refractivity contribution in [1.82, 2.24) is 10.2 Å². The number of benzene rings is 3. The van der Waals surface area contributed by atoms with E-state index >= 15 is 0 Å². The summed E-state index contributed by atoms with van der Waals surface area (Å²) in [5.41, 5.74) is 5.23.